The van der Waals surface area contributed by atoms with E-state index in [0.29, 0.717) is 12.6 Å². The van der Waals surface area contributed by atoms with Gasteiger partial charge < -0.3 is 19.9 Å². The zero-order valence-corrected chi connectivity index (χ0v) is 18.6. The lowest BCUT2D eigenvalue weighted by Gasteiger charge is -2.32. The number of guanidine groups is 1. The van der Waals surface area contributed by atoms with Crippen molar-refractivity contribution in [1.82, 2.24) is 25.1 Å². The SMILES string of the molecule is CN=C(NCc1ncc(-c2ccccc2)[nH]1)N1CCC(N2CCOCC2)C1.I. The molecule has 2 saturated heterocycles. The molecule has 1 atom stereocenters. The zero-order chi connectivity index (χ0) is 18.5. The number of ether oxygens (including phenoxy) is 1. The fourth-order valence-corrected chi connectivity index (χ4v) is 3.89. The van der Waals surface area contributed by atoms with Crippen LogP contribution in [0, 0.1) is 0 Å². The molecule has 1 aromatic heterocycles. The number of imidazole rings is 1. The molecule has 3 heterocycles. The van der Waals surface area contributed by atoms with Crippen molar-refractivity contribution in [1.29, 1.82) is 0 Å². The number of halogens is 1. The number of morpholine rings is 1. The molecule has 0 aliphatic carbocycles. The molecule has 4 rings (SSSR count). The molecule has 152 valence electrons. The maximum atomic E-state index is 5.47. The summed E-state index contributed by atoms with van der Waals surface area (Å²) in [7, 11) is 1.85. The van der Waals surface area contributed by atoms with Crippen molar-refractivity contribution < 1.29 is 4.74 Å². The molecular formula is C20H29IN6O. The van der Waals surface area contributed by atoms with Crippen molar-refractivity contribution in [3.05, 3.63) is 42.4 Å². The van der Waals surface area contributed by atoms with Crippen molar-refractivity contribution in [3.8, 4) is 11.3 Å². The van der Waals surface area contributed by atoms with Crippen molar-refractivity contribution in [3.63, 3.8) is 0 Å². The zero-order valence-electron chi connectivity index (χ0n) is 16.3. The van der Waals surface area contributed by atoms with E-state index in [-0.39, 0.29) is 24.0 Å². The number of aromatic amines is 1. The predicted octanol–water partition coefficient (Wildman–Crippen LogP) is 2.18. The van der Waals surface area contributed by atoms with Crippen LogP contribution in [0.25, 0.3) is 11.3 Å². The highest BCUT2D eigenvalue weighted by Crippen LogP contribution is 2.18. The van der Waals surface area contributed by atoms with E-state index in [1.54, 1.807) is 0 Å². The number of likely N-dealkylation sites (tertiary alicyclic amines) is 1. The van der Waals surface area contributed by atoms with Crippen LogP contribution in [0.5, 0.6) is 0 Å². The predicted molar refractivity (Wildman–Crippen MR) is 122 cm³/mol. The quantitative estimate of drug-likeness (QED) is 0.386. The minimum absolute atomic E-state index is 0. The molecule has 0 bridgehead atoms. The number of nitrogens with zero attached hydrogens (tertiary/aromatic N) is 4. The van der Waals surface area contributed by atoms with Crippen LogP contribution < -0.4 is 5.32 Å². The Kier molecular flexibility index (Phi) is 7.69. The summed E-state index contributed by atoms with van der Waals surface area (Å²) in [5.41, 5.74) is 2.18. The number of rotatable bonds is 4. The molecule has 2 N–H and O–H groups in total. The highest BCUT2D eigenvalue weighted by Gasteiger charge is 2.30. The van der Waals surface area contributed by atoms with E-state index < -0.39 is 0 Å². The summed E-state index contributed by atoms with van der Waals surface area (Å²) in [4.78, 5) is 17.3. The lowest BCUT2D eigenvalue weighted by molar-refractivity contribution is 0.0195. The molecule has 2 aliphatic heterocycles. The largest absolute Gasteiger partial charge is 0.379 e. The second-order valence-electron chi connectivity index (χ2n) is 7.05. The van der Waals surface area contributed by atoms with Crippen LogP contribution in [-0.4, -0.2) is 78.2 Å². The number of benzene rings is 1. The Balaban J connectivity index is 0.00000225. The van der Waals surface area contributed by atoms with Gasteiger partial charge in [0.25, 0.3) is 0 Å². The first-order valence-electron chi connectivity index (χ1n) is 9.70. The third-order valence-corrected chi connectivity index (χ3v) is 5.36. The summed E-state index contributed by atoms with van der Waals surface area (Å²) < 4.78 is 5.47. The van der Waals surface area contributed by atoms with E-state index in [2.05, 4.69) is 42.2 Å². The molecule has 2 fully saturated rings. The number of aromatic nitrogens is 2. The lowest BCUT2D eigenvalue weighted by atomic mass is 10.2. The standard InChI is InChI=1S/C20H28N6O.HI/c1-21-20(26-8-7-17(15-26)25-9-11-27-12-10-25)23-14-19-22-13-18(24-19)16-5-3-2-4-6-16;/h2-6,13,17H,7-12,14-15H2,1H3,(H,21,23)(H,22,24);1H. The molecule has 0 radical (unpaired) electrons. The summed E-state index contributed by atoms with van der Waals surface area (Å²) in [6.07, 6.45) is 3.07. The molecule has 8 heteroatoms. The molecule has 0 spiro atoms. The van der Waals surface area contributed by atoms with Crippen LogP contribution in [0.3, 0.4) is 0 Å². The smallest absolute Gasteiger partial charge is 0.194 e. The molecule has 28 heavy (non-hydrogen) atoms. The Morgan fingerprint density at radius 2 is 2.04 bits per heavy atom. The maximum Gasteiger partial charge on any atom is 0.194 e. The van der Waals surface area contributed by atoms with Gasteiger partial charge in [-0.3, -0.25) is 9.89 Å². The second kappa shape index (κ2) is 10.2. The van der Waals surface area contributed by atoms with Crippen LogP contribution in [0.4, 0.5) is 0 Å². The number of hydrogen-bond donors (Lipinski definition) is 2. The van der Waals surface area contributed by atoms with Gasteiger partial charge in [-0.05, 0) is 12.0 Å². The van der Waals surface area contributed by atoms with Gasteiger partial charge in [0.15, 0.2) is 5.96 Å². The fraction of sp³-hybridized carbons (Fsp3) is 0.500. The molecule has 0 saturated carbocycles. The topological polar surface area (TPSA) is 68.8 Å². The second-order valence-corrected chi connectivity index (χ2v) is 7.05. The number of hydrogen-bond acceptors (Lipinski definition) is 4. The van der Waals surface area contributed by atoms with E-state index in [4.69, 9.17) is 4.74 Å². The molecule has 2 aromatic rings. The number of nitrogens with one attached hydrogen (secondary N) is 2. The van der Waals surface area contributed by atoms with Crippen molar-refractivity contribution in [2.24, 2.45) is 4.99 Å². The number of aliphatic imine (C=N–C) groups is 1. The van der Waals surface area contributed by atoms with Crippen molar-refractivity contribution in [2.75, 3.05) is 46.4 Å². The first kappa shape index (κ1) is 21.1. The van der Waals surface area contributed by atoms with Crippen LogP contribution in [0.15, 0.2) is 41.5 Å². The van der Waals surface area contributed by atoms with Gasteiger partial charge in [0.05, 0.1) is 31.6 Å². The molecule has 2 aliphatic rings. The third kappa shape index (κ3) is 5.03. The Morgan fingerprint density at radius 3 is 2.79 bits per heavy atom. The first-order chi connectivity index (χ1) is 13.3. The van der Waals surface area contributed by atoms with Gasteiger partial charge >= 0.3 is 0 Å². The minimum Gasteiger partial charge on any atom is -0.379 e. The van der Waals surface area contributed by atoms with Crippen LogP contribution in [-0.2, 0) is 11.3 Å². The van der Waals surface area contributed by atoms with Gasteiger partial charge in [0.1, 0.15) is 5.82 Å². The highest BCUT2D eigenvalue weighted by atomic mass is 127. The van der Waals surface area contributed by atoms with E-state index in [0.717, 1.165) is 62.4 Å². The van der Waals surface area contributed by atoms with Crippen LogP contribution in [0.1, 0.15) is 12.2 Å². The summed E-state index contributed by atoms with van der Waals surface area (Å²) in [5, 5.41) is 3.45. The Morgan fingerprint density at radius 1 is 1.25 bits per heavy atom. The summed E-state index contributed by atoms with van der Waals surface area (Å²) in [6, 6.07) is 10.9. The molecule has 1 aromatic carbocycles. The van der Waals surface area contributed by atoms with Crippen LogP contribution in [0.2, 0.25) is 0 Å². The molecular weight excluding hydrogens is 467 g/mol. The molecule has 0 amide bonds. The van der Waals surface area contributed by atoms with Gasteiger partial charge in [-0.1, -0.05) is 30.3 Å². The van der Waals surface area contributed by atoms with E-state index in [1.807, 2.05) is 31.4 Å². The lowest BCUT2D eigenvalue weighted by Crippen LogP contribution is -2.46. The minimum atomic E-state index is 0. The van der Waals surface area contributed by atoms with Gasteiger partial charge in [-0.15, -0.1) is 24.0 Å². The first-order valence-corrected chi connectivity index (χ1v) is 9.70. The number of H-pyrrole nitrogens is 1. The monoisotopic (exact) mass is 496 g/mol. The molecule has 1 unspecified atom stereocenters. The molecule has 7 nitrogen and oxygen atoms in total. The van der Waals surface area contributed by atoms with Gasteiger partial charge in [0, 0.05) is 39.3 Å². The van der Waals surface area contributed by atoms with Crippen molar-refractivity contribution >= 4 is 29.9 Å². The summed E-state index contributed by atoms with van der Waals surface area (Å²) in [5.74, 6) is 1.86. The Bertz CT molecular complexity index is 759. The Hall–Kier alpha value is -1.65. The average molecular weight is 496 g/mol. The van der Waals surface area contributed by atoms with Crippen molar-refractivity contribution in [2.45, 2.75) is 19.0 Å². The highest BCUT2D eigenvalue weighted by molar-refractivity contribution is 14.0. The van der Waals surface area contributed by atoms with Gasteiger partial charge in [0.2, 0.25) is 0 Å². The van der Waals surface area contributed by atoms with Gasteiger partial charge in [-0.25, -0.2) is 4.98 Å². The van der Waals surface area contributed by atoms with Gasteiger partial charge in [-0.2, -0.15) is 0 Å². The Labute approximate surface area is 183 Å². The van der Waals surface area contributed by atoms with Crippen LogP contribution >= 0.6 is 24.0 Å². The fourth-order valence-electron chi connectivity index (χ4n) is 3.89. The van der Waals surface area contributed by atoms with E-state index in [9.17, 15) is 0 Å². The van der Waals surface area contributed by atoms with E-state index >= 15 is 0 Å². The van der Waals surface area contributed by atoms with E-state index in [1.165, 1.54) is 6.42 Å². The summed E-state index contributed by atoms with van der Waals surface area (Å²) >= 11 is 0. The maximum absolute atomic E-state index is 5.47. The third-order valence-electron chi connectivity index (χ3n) is 5.36. The normalized spacial score (nSPS) is 20.8. The summed E-state index contributed by atoms with van der Waals surface area (Å²) in [6.45, 7) is 6.48. The average Bonchev–Trinajstić information content (AvgIpc) is 3.40.